The number of carboxylic acid groups (broad SMARTS) is 1. The summed E-state index contributed by atoms with van der Waals surface area (Å²) >= 11 is 1.27. The molecule has 2 fully saturated rings. The Morgan fingerprint density at radius 2 is 1.98 bits per heavy atom. The molecular weight excluding hydrogens is 592 g/mol. The third-order valence-electron chi connectivity index (χ3n) is 7.11. The summed E-state index contributed by atoms with van der Waals surface area (Å²) in [4.78, 5) is 27.1. The second-order valence-corrected chi connectivity index (χ2v) is 11.5. The topological polar surface area (TPSA) is 253 Å². The third kappa shape index (κ3) is 8.55. The Labute approximate surface area is 251 Å². The Morgan fingerprint density at radius 1 is 1.28 bits per heavy atom. The summed E-state index contributed by atoms with van der Waals surface area (Å²) in [6.07, 6.45) is -11.6. The minimum absolute atomic E-state index is 0.0583. The van der Waals surface area contributed by atoms with E-state index < -0.39 is 97.5 Å². The lowest BCUT2D eigenvalue weighted by atomic mass is 9.88. The first-order valence-electron chi connectivity index (χ1n) is 13.6. The monoisotopic (exact) mass is 630 g/mol. The van der Waals surface area contributed by atoms with E-state index >= 15 is 0 Å². The zero-order chi connectivity index (χ0) is 31.7. The number of ether oxygens (including phenoxy) is 4. The summed E-state index contributed by atoms with van der Waals surface area (Å²) in [7, 11) is 0. The molecule has 17 heteroatoms. The van der Waals surface area contributed by atoms with Crippen LogP contribution in [0.15, 0.2) is 35.4 Å². The molecule has 11 atom stereocenters. The first-order valence-corrected chi connectivity index (χ1v) is 14.6. The number of carbonyl (C=O) groups is 2. The smallest absolute Gasteiger partial charge is 0.364 e. The van der Waals surface area contributed by atoms with E-state index in [1.807, 2.05) is 25.1 Å². The van der Waals surface area contributed by atoms with Crippen LogP contribution in [0.3, 0.4) is 0 Å². The van der Waals surface area contributed by atoms with Gasteiger partial charge in [-0.25, -0.2) is 4.79 Å². The molecule has 0 bridgehead atoms. The number of carboxylic acids is 1. The van der Waals surface area contributed by atoms with Gasteiger partial charge >= 0.3 is 5.97 Å². The van der Waals surface area contributed by atoms with Crippen LogP contribution in [0.1, 0.15) is 25.8 Å². The number of carbonyl (C=O) groups excluding carboxylic acids is 1. The molecular formula is C26H38N4O12S. The molecule has 43 heavy (non-hydrogen) atoms. The van der Waals surface area contributed by atoms with Gasteiger partial charge in [0.25, 0.3) is 5.79 Å². The molecule has 0 spiro atoms. The number of nitrogens with zero attached hydrogens (tertiary/aromatic N) is 3. The maximum Gasteiger partial charge on any atom is 0.364 e. The summed E-state index contributed by atoms with van der Waals surface area (Å²) < 4.78 is 23.3. The molecule has 0 aliphatic carbocycles. The Balaban J connectivity index is 1.87. The molecule has 0 aromatic heterocycles. The largest absolute Gasteiger partial charge is 0.477 e. The van der Waals surface area contributed by atoms with E-state index in [1.54, 1.807) is 12.1 Å². The van der Waals surface area contributed by atoms with Crippen LogP contribution in [0, 0.1) is 0 Å². The fraction of sp³-hybridized carbons (Fsp3) is 0.692. The first kappa shape index (κ1) is 34.9. The van der Waals surface area contributed by atoms with Crippen molar-refractivity contribution in [2.75, 3.05) is 19.0 Å². The fourth-order valence-electron chi connectivity index (χ4n) is 4.98. The Kier molecular flexibility index (Phi) is 13.0. The number of rotatable bonds is 14. The fourth-order valence-corrected chi connectivity index (χ4v) is 5.94. The number of thioether (sulfide) groups is 1. The maximum absolute atomic E-state index is 12.5. The second kappa shape index (κ2) is 16.0. The van der Waals surface area contributed by atoms with Crippen molar-refractivity contribution in [2.24, 2.45) is 5.11 Å². The van der Waals surface area contributed by atoms with Crippen LogP contribution in [-0.4, -0.2) is 128 Å². The number of aliphatic hydroxyl groups excluding tert-OH is 5. The summed E-state index contributed by atoms with van der Waals surface area (Å²) in [5.74, 6) is -4.45. The van der Waals surface area contributed by atoms with Crippen molar-refractivity contribution in [2.45, 2.75) is 92.9 Å². The van der Waals surface area contributed by atoms with Gasteiger partial charge in [0, 0.05) is 18.3 Å². The second-order valence-electron chi connectivity index (χ2n) is 10.1. The van der Waals surface area contributed by atoms with E-state index in [4.69, 9.17) is 18.9 Å². The lowest BCUT2D eigenvalue weighted by Crippen LogP contribution is -2.68. The molecule has 2 aliphatic heterocycles. The zero-order valence-corrected chi connectivity index (χ0v) is 24.4. The molecule has 1 amide bonds. The van der Waals surface area contributed by atoms with Crippen molar-refractivity contribution in [1.82, 2.24) is 5.32 Å². The highest BCUT2D eigenvalue weighted by Gasteiger charge is 2.56. The van der Waals surface area contributed by atoms with Crippen LogP contribution in [-0.2, 0) is 35.1 Å². The van der Waals surface area contributed by atoms with Gasteiger partial charge in [-0.1, -0.05) is 42.4 Å². The number of nitrogens with one attached hydrogen (secondary N) is 1. The highest BCUT2D eigenvalue weighted by Crippen LogP contribution is 2.37. The number of hydrogen-bond donors (Lipinski definition) is 7. The molecule has 0 radical (unpaired) electrons. The van der Waals surface area contributed by atoms with E-state index in [-0.39, 0.29) is 6.61 Å². The molecule has 1 aromatic carbocycles. The van der Waals surface area contributed by atoms with Crippen molar-refractivity contribution in [3.63, 3.8) is 0 Å². The normalized spacial score (nSPS) is 34.0. The van der Waals surface area contributed by atoms with E-state index in [0.717, 1.165) is 12.5 Å². The van der Waals surface area contributed by atoms with Gasteiger partial charge in [-0.05, 0) is 16.8 Å². The highest BCUT2D eigenvalue weighted by atomic mass is 32.2. The lowest BCUT2D eigenvalue weighted by Gasteiger charge is -2.47. The molecule has 3 rings (SSSR count). The van der Waals surface area contributed by atoms with Crippen molar-refractivity contribution in [1.29, 1.82) is 0 Å². The van der Waals surface area contributed by atoms with Crippen molar-refractivity contribution >= 4 is 23.6 Å². The third-order valence-corrected chi connectivity index (χ3v) is 8.16. The Hall–Kier alpha value is -2.54. The van der Waals surface area contributed by atoms with Crippen LogP contribution in [0.4, 0.5) is 0 Å². The minimum atomic E-state index is -2.63. The van der Waals surface area contributed by atoms with E-state index in [0.29, 0.717) is 5.75 Å². The zero-order valence-electron chi connectivity index (χ0n) is 23.6. The van der Waals surface area contributed by atoms with E-state index in [1.165, 1.54) is 11.8 Å². The van der Waals surface area contributed by atoms with Crippen LogP contribution in [0.2, 0.25) is 0 Å². The molecule has 0 saturated carbocycles. The average Bonchev–Trinajstić information content (AvgIpc) is 2.98. The van der Waals surface area contributed by atoms with Crippen molar-refractivity contribution in [3.8, 4) is 0 Å². The summed E-state index contributed by atoms with van der Waals surface area (Å²) in [6.45, 7) is 1.47. The summed E-state index contributed by atoms with van der Waals surface area (Å²) in [5.41, 5.74) is 9.18. The quantitative estimate of drug-likeness (QED) is 0.0760. The molecule has 2 aliphatic rings. The van der Waals surface area contributed by atoms with Crippen molar-refractivity contribution in [3.05, 3.63) is 46.3 Å². The maximum atomic E-state index is 12.5. The molecule has 2 saturated heterocycles. The molecule has 16 nitrogen and oxygen atoms in total. The standard InChI is InChI=1S/C26H38N4O12S/c1-3-43-24-19(29-30-27)22(39-11-14-7-5-4-6-8-14)21(36)17(41-24)12-40-26(25(37)38)9-15(33)18(28-13(2)32)23(42-26)20(35)16(34)10-31/h4-8,15-24,31,33-36H,3,9-12H2,1-2H3,(H,28,32)(H,37,38)/t15-,16+,17+,18+,19+,20+,21-,22+,23+,24-,26+/m0/s1. The molecule has 240 valence electrons. The van der Waals surface area contributed by atoms with Gasteiger partial charge in [0.05, 0.1) is 38.1 Å². The van der Waals surface area contributed by atoms with Gasteiger partial charge in [0.2, 0.25) is 5.91 Å². The van der Waals surface area contributed by atoms with Gasteiger partial charge in [-0.3, -0.25) is 4.79 Å². The number of benzene rings is 1. The van der Waals surface area contributed by atoms with Crippen LogP contribution in [0.25, 0.3) is 10.4 Å². The Morgan fingerprint density at radius 3 is 2.56 bits per heavy atom. The van der Waals surface area contributed by atoms with E-state index in [2.05, 4.69) is 15.3 Å². The molecule has 2 heterocycles. The van der Waals surface area contributed by atoms with Crippen LogP contribution in [0.5, 0.6) is 0 Å². The van der Waals surface area contributed by atoms with Gasteiger partial charge in [0.1, 0.15) is 42.0 Å². The number of aliphatic hydroxyl groups is 5. The van der Waals surface area contributed by atoms with Gasteiger partial charge in [0.15, 0.2) is 0 Å². The number of azide groups is 1. The highest BCUT2D eigenvalue weighted by molar-refractivity contribution is 7.99. The number of amides is 1. The lowest BCUT2D eigenvalue weighted by molar-refractivity contribution is -0.321. The van der Waals surface area contributed by atoms with Crippen LogP contribution < -0.4 is 5.32 Å². The van der Waals surface area contributed by atoms with Crippen LogP contribution >= 0.6 is 11.8 Å². The molecule has 1 aromatic rings. The average molecular weight is 631 g/mol. The number of hydrogen-bond acceptors (Lipinski definition) is 13. The first-order chi connectivity index (χ1) is 20.5. The number of aliphatic carboxylic acids is 1. The summed E-state index contributed by atoms with van der Waals surface area (Å²) in [6, 6.07) is 6.73. The van der Waals surface area contributed by atoms with E-state index in [9.17, 15) is 45.8 Å². The summed E-state index contributed by atoms with van der Waals surface area (Å²) in [5, 5.41) is 68.4. The minimum Gasteiger partial charge on any atom is -0.477 e. The van der Waals surface area contributed by atoms with Crippen molar-refractivity contribution < 1.29 is 59.2 Å². The molecule has 7 N–H and O–H groups in total. The Bertz CT molecular complexity index is 1110. The SMILES string of the molecule is CCS[C@@H]1O[C@H](CO[C@]2(C(=O)O)C[C@H](O)[C@@H](NC(C)=O)[C@H]([C@H](O)[C@H](O)CO)O2)[C@H](O)[C@H](OCc2ccccc2)[C@H]1N=[N+]=[N-]. The van der Waals surface area contributed by atoms with Gasteiger partial charge < -0.3 is 54.9 Å². The van der Waals surface area contributed by atoms with Gasteiger partial charge in [-0.15, -0.1) is 11.8 Å². The van der Waals surface area contributed by atoms with Gasteiger partial charge in [-0.2, -0.15) is 0 Å². The predicted molar refractivity (Wildman–Crippen MR) is 149 cm³/mol. The predicted octanol–water partition coefficient (Wildman–Crippen LogP) is -0.744. The molecule has 0 unspecified atom stereocenters.